The highest BCUT2D eigenvalue weighted by Gasteiger charge is 2.11. The maximum Gasteiger partial charge on any atom is 0.274 e. The molecule has 1 aromatic heterocycles. The van der Waals surface area contributed by atoms with E-state index in [1.165, 1.54) is 6.92 Å². The molecule has 0 unspecified atom stereocenters. The highest BCUT2D eigenvalue weighted by molar-refractivity contribution is 6.04. The van der Waals surface area contributed by atoms with Crippen LogP contribution in [0, 0.1) is 13.8 Å². The Morgan fingerprint density at radius 2 is 1.46 bits per heavy atom. The van der Waals surface area contributed by atoms with Crippen LogP contribution in [0.2, 0.25) is 0 Å². The summed E-state index contributed by atoms with van der Waals surface area (Å²) in [6.07, 6.45) is 1.59. The third-order valence-corrected chi connectivity index (χ3v) is 4.21. The van der Waals surface area contributed by atoms with Crippen molar-refractivity contribution < 1.29 is 9.59 Å². The molecule has 2 aromatic carbocycles. The molecule has 2 amide bonds. The Balaban J connectivity index is 1.73. The summed E-state index contributed by atoms with van der Waals surface area (Å²) in [4.78, 5) is 27.9. The number of aryl methyl sites for hydroxylation is 2. The van der Waals surface area contributed by atoms with Gasteiger partial charge in [0.25, 0.3) is 5.91 Å². The molecular formula is C22H22N4O2. The molecule has 0 aliphatic heterocycles. The average molecular weight is 374 g/mol. The smallest absolute Gasteiger partial charge is 0.274 e. The van der Waals surface area contributed by atoms with Crippen LogP contribution in [0.5, 0.6) is 0 Å². The lowest BCUT2D eigenvalue weighted by molar-refractivity contribution is -0.114. The zero-order valence-corrected chi connectivity index (χ0v) is 16.0. The molecule has 0 atom stereocenters. The van der Waals surface area contributed by atoms with E-state index in [2.05, 4.69) is 20.9 Å². The van der Waals surface area contributed by atoms with Gasteiger partial charge in [0, 0.05) is 35.9 Å². The minimum absolute atomic E-state index is 0.116. The van der Waals surface area contributed by atoms with E-state index in [1.54, 1.807) is 30.5 Å². The molecule has 28 heavy (non-hydrogen) atoms. The third kappa shape index (κ3) is 4.73. The molecule has 0 saturated heterocycles. The van der Waals surface area contributed by atoms with Gasteiger partial charge in [0.05, 0.1) is 0 Å². The number of anilines is 4. The fourth-order valence-electron chi connectivity index (χ4n) is 2.83. The van der Waals surface area contributed by atoms with E-state index in [9.17, 15) is 9.59 Å². The van der Waals surface area contributed by atoms with E-state index in [-0.39, 0.29) is 11.8 Å². The summed E-state index contributed by atoms with van der Waals surface area (Å²) in [7, 11) is 0. The maximum atomic E-state index is 12.6. The molecule has 3 aromatic rings. The number of carbonyl (C=O) groups is 2. The second kappa shape index (κ2) is 8.35. The highest BCUT2D eigenvalue weighted by atomic mass is 16.2. The van der Waals surface area contributed by atoms with Gasteiger partial charge in [-0.3, -0.25) is 14.6 Å². The molecule has 142 valence electrons. The lowest BCUT2D eigenvalue weighted by Crippen LogP contribution is -2.15. The Morgan fingerprint density at radius 3 is 2.11 bits per heavy atom. The molecule has 0 bridgehead atoms. The number of hydrogen-bond acceptors (Lipinski definition) is 4. The zero-order chi connectivity index (χ0) is 20.1. The molecule has 0 saturated carbocycles. The Kier molecular flexibility index (Phi) is 5.69. The van der Waals surface area contributed by atoms with Gasteiger partial charge in [-0.25, -0.2) is 0 Å². The van der Waals surface area contributed by atoms with Crippen LogP contribution in [0.3, 0.4) is 0 Å². The summed E-state index contributed by atoms with van der Waals surface area (Å²) in [6.45, 7) is 5.38. The maximum absolute atomic E-state index is 12.6. The molecule has 3 N–H and O–H groups in total. The number of aromatic nitrogens is 1. The molecule has 6 heteroatoms. The van der Waals surface area contributed by atoms with Crippen LogP contribution in [0.1, 0.15) is 28.5 Å². The topological polar surface area (TPSA) is 83.1 Å². The van der Waals surface area contributed by atoms with Crippen molar-refractivity contribution in [2.45, 2.75) is 20.8 Å². The van der Waals surface area contributed by atoms with Crippen molar-refractivity contribution in [3.63, 3.8) is 0 Å². The first kappa shape index (κ1) is 19.1. The van der Waals surface area contributed by atoms with Crippen LogP contribution >= 0.6 is 0 Å². The molecule has 3 rings (SSSR count). The highest BCUT2D eigenvalue weighted by Crippen LogP contribution is 2.22. The van der Waals surface area contributed by atoms with Crippen LogP contribution in [0.15, 0.2) is 60.8 Å². The first-order valence-electron chi connectivity index (χ1n) is 8.90. The van der Waals surface area contributed by atoms with E-state index in [0.29, 0.717) is 5.69 Å². The first-order valence-corrected chi connectivity index (χ1v) is 8.90. The number of benzene rings is 2. The molecule has 1 heterocycles. The summed E-state index contributed by atoms with van der Waals surface area (Å²) in [5.74, 6) is -0.378. The number of hydrogen-bond donors (Lipinski definition) is 3. The summed E-state index contributed by atoms with van der Waals surface area (Å²) in [5, 5.41) is 8.90. The van der Waals surface area contributed by atoms with Gasteiger partial charge in [0.1, 0.15) is 5.69 Å². The fourth-order valence-corrected chi connectivity index (χ4v) is 2.83. The second-order valence-electron chi connectivity index (χ2n) is 6.53. The predicted octanol–water partition coefficient (Wildman–Crippen LogP) is 4.65. The van der Waals surface area contributed by atoms with E-state index >= 15 is 0 Å². The monoisotopic (exact) mass is 374 g/mol. The molecular weight excluding hydrogens is 352 g/mol. The number of nitrogens with one attached hydrogen (secondary N) is 3. The molecule has 0 aliphatic rings. The van der Waals surface area contributed by atoms with Crippen molar-refractivity contribution >= 4 is 34.6 Å². The number of para-hydroxylation sites is 1. The summed E-state index contributed by atoms with van der Waals surface area (Å²) >= 11 is 0. The summed E-state index contributed by atoms with van der Waals surface area (Å²) in [6, 6.07) is 16.7. The standard InChI is InChI=1S/C22H22N4O2/c1-14-5-4-6-15(2)21(14)26-22(28)20-13-19(11-12-23-20)25-18-9-7-17(8-10-18)24-16(3)27/h4-13H,1-3H3,(H,23,25)(H,24,27)(H,26,28). The number of amides is 2. The number of nitrogens with zero attached hydrogens (tertiary/aromatic N) is 1. The number of rotatable bonds is 5. The van der Waals surface area contributed by atoms with E-state index in [1.807, 2.05) is 44.2 Å². The molecule has 0 aliphatic carbocycles. The lowest BCUT2D eigenvalue weighted by Gasteiger charge is -2.12. The largest absolute Gasteiger partial charge is 0.355 e. The van der Waals surface area contributed by atoms with Crippen molar-refractivity contribution in [2.24, 2.45) is 0 Å². The molecule has 0 spiro atoms. The van der Waals surface area contributed by atoms with Crippen molar-refractivity contribution in [3.8, 4) is 0 Å². The predicted molar refractivity (Wildman–Crippen MR) is 112 cm³/mol. The minimum Gasteiger partial charge on any atom is -0.355 e. The van der Waals surface area contributed by atoms with Crippen LogP contribution in [-0.4, -0.2) is 16.8 Å². The van der Waals surface area contributed by atoms with Gasteiger partial charge in [0.15, 0.2) is 0 Å². The van der Waals surface area contributed by atoms with Gasteiger partial charge in [-0.05, 0) is 61.4 Å². The summed E-state index contributed by atoms with van der Waals surface area (Å²) in [5.41, 5.74) is 5.43. The number of pyridine rings is 1. The quantitative estimate of drug-likeness (QED) is 0.607. The Labute approximate surface area is 164 Å². The van der Waals surface area contributed by atoms with Crippen LogP contribution in [0.4, 0.5) is 22.7 Å². The number of carbonyl (C=O) groups excluding carboxylic acids is 2. The average Bonchev–Trinajstić information content (AvgIpc) is 2.66. The first-order chi connectivity index (χ1) is 13.4. The SMILES string of the molecule is CC(=O)Nc1ccc(Nc2ccnc(C(=O)Nc3c(C)cccc3C)c2)cc1. The lowest BCUT2D eigenvalue weighted by atomic mass is 10.1. The van der Waals surface area contributed by atoms with Gasteiger partial charge >= 0.3 is 0 Å². The van der Waals surface area contributed by atoms with Gasteiger partial charge in [-0.15, -0.1) is 0 Å². The molecule has 0 fully saturated rings. The van der Waals surface area contributed by atoms with Crippen molar-refractivity contribution in [1.82, 2.24) is 4.98 Å². The normalized spacial score (nSPS) is 10.2. The van der Waals surface area contributed by atoms with Gasteiger partial charge in [-0.2, -0.15) is 0 Å². The van der Waals surface area contributed by atoms with E-state index in [0.717, 1.165) is 33.9 Å². The third-order valence-electron chi connectivity index (χ3n) is 4.21. The van der Waals surface area contributed by atoms with Crippen molar-refractivity contribution in [3.05, 3.63) is 77.6 Å². The minimum atomic E-state index is -0.262. The molecule has 0 radical (unpaired) electrons. The molecule has 6 nitrogen and oxygen atoms in total. The van der Waals surface area contributed by atoms with Gasteiger partial charge in [0.2, 0.25) is 5.91 Å². The van der Waals surface area contributed by atoms with E-state index in [4.69, 9.17) is 0 Å². The Morgan fingerprint density at radius 1 is 0.821 bits per heavy atom. The van der Waals surface area contributed by atoms with Crippen molar-refractivity contribution in [1.29, 1.82) is 0 Å². The van der Waals surface area contributed by atoms with Crippen LogP contribution in [0.25, 0.3) is 0 Å². The Bertz CT molecular complexity index is 993. The summed E-state index contributed by atoms with van der Waals surface area (Å²) < 4.78 is 0. The van der Waals surface area contributed by atoms with E-state index < -0.39 is 0 Å². The van der Waals surface area contributed by atoms with Gasteiger partial charge in [-0.1, -0.05) is 18.2 Å². The fraction of sp³-hybridized carbons (Fsp3) is 0.136. The second-order valence-corrected chi connectivity index (χ2v) is 6.53. The van der Waals surface area contributed by atoms with Crippen molar-refractivity contribution in [2.75, 3.05) is 16.0 Å². The van der Waals surface area contributed by atoms with Gasteiger partial charge < -0.3 is 16.0 Å². The van der Waals surface area contributed by atoms with Crippen LogP contribution < -0.4 is 16.0 Å². The van der Waals surface area contributed by atoms with Crippen LogP contribution in [-0.2, 0) is 4.79 Å². The Hall–Kier alpha value is -3.67. The zero-order valence-electron chi connectivity index (χ0n) is 16.0.